The maximum atomic E-state index is 14.0. The lowest BCUT2D eigenvalue weighted by atomic mass is 9.85. The molecule has 0 bridgehead atoms. The average Bonchev–Trinajstić information content (AvgIpc) is 3.64. The summed E-state index contributed by atoms with van der Waals surface area (Å²) >= 11 is 15.4. The van der Waals surface area contributed by atoms with Crippen LogP contribution in [0.3, 0.4) is 0 Å². The molecule has 210 valence electrons. The summed E-state index contributed by atoms with van der Waals surface area (Å²) in [5, 5.41) is 3.18. The fraction of sp³-hybridized carbons (Fsp3) is 0.152. The van der Waals surface area contributed by atoms with Gasteiger partial charge in [0.25, 0.3) is 5.56 Å². The van der Waals surface area contributed by atoms with Crippen LogP contribution in [0.1, 0.15) is 39.6 Å². The molecule has 0 amide bonds. The number of allylic oxidation sites excluding steroid dienone is 1. The molecule has 0 unspecified atom stereocenters. The highest BCUT2D eigenvalue weighted by Crippen LogP contribution is 2.42. The van der Waals surface area contributed by atoms with Crippen molar-refractivity contribution >= 4 is 57.6 Å². The molecule has 0 saturated heterocycles. The average molecular weight is 632 g/mol. The van der Waals surface area contributed by atoms with Crippen molar-refractivity contribution in [2.75, 3.05) is 7.11 Å². The summed E-state index contributed by atoms with van der Waals surface area (Å²) in [5.74, 6) is 1.14. The monoisotopic (exact) mass is 630 g/mol. The number of hydrogen-bond donors (Lipinski definition) is 0. The number of methoxy groups -OCH3 is 1. The van der Waals surface area contributed by atoms with E-state index in [1.54, 1.807) is 30.6 Å². The van der Waals surface area contributed by atoms with E-state index >= 15 is 0 Å². The Morgan fingerprint density at radius 2 is 1.90 bits per heavy atom. The van der Waals surface area contributed by atoms with E-state index < -0.39 is 0 Å². The quantitative estimate of drug-likeness (QED) is 0.198. The zero-order chi connectivity index (χ0) is 28.8. The van der Waals surface area contributed by atoms with Gasteiger partial charge in [-0.15, -0.1) is 11.3 Å². The van der Waals surface area contributed by atoms with Gasteiger partial charge in [-0.05, 0) is 71.3 Å². The largest absolute Gasteiger partial charge is 0.493 e. The summed E-state index contributed by atoms with van der Waals surface area (Å²) < 4.78 is 14.1. The van der Waals surface area contributed by atoms with Crippen LogP contribution in [-0.4, -0.2) is 11.7 Å². The van der Waals surface area contributed by atoms with Gasteiger partial charge in [-0.3, -0.25) is 9.36 Å². The number of aryl methyl sites for hydroxylation is 1. The van der Waals surface area contributed by atoms with Gasteiger partial charge in [0.1, 0.15) is 6.61 Å². The van der Waals surface area contributed by atoms with Gasteiger partial charge in [-0.2, -0.15) is 0 Å². The lowest BCUT2D eigenvalue weighted by Crippen LogP contribution is -2.38. The minimum atomic E-state index is -0.156. The maximum Gasteiger partial charge on any atom is 0.271 e. The standard InChI is InChI=1S/C33H24Cl2N2O3S2/c1-39-27-15-19(8-13-26(27)40-18-21-9-11-22(34)17-25(21)35)16-29-32(38)37-31(28-7-4-14-41-28)24-12-10-20-5-2-3-6-23(20)30(24)36-33(37)42-29/h2-9,11,13-17,31H,10,12,18H2,1H3/b29-16+/t31-/m1/s1. The second-order valence-electron chi connectivity index (χ2n) is 10.1. The minimum absolute atomic E-state index is 0.0424. The molecule has 3 heterocycles. The Kier molecular flexibility index (Phi) is 7.28. The lowest BCUT2D eigenvalue weighted by Gasteiger charge is -2.30. The van der Waals surface area contributed by atoms with Gasteiger partial charge >= 0.3 is 0 Å². The molecule has 7 rings (SSSR count). The first-order chi connectivity index (χ1) is 20.5. The zero-order valence-corrected chi connectivity index (χ0v) is 25.6. The van der Waals surface area contributed by atoms with E-state index in [0.717, 1.165) is 40.1 Å². The molecule has 2 aliphatic rings. The number of fused-ring (bicyclic) bond motifs is 3. The molecular weight excluding hydrogens is 607 g/mol. The molecular formula is C33H24Cl2N2O3S2. The highest BCUT2D eigenvalue weighted by molar-refractivity contribution is 7.10. The Morgan fingerprint density at radius 3 is 2.71 bits per heavy atom. The molecule has 5 aromatic rings. The van der Waals surface area contributed by atoms with Gasteiger partial charge in [0, 0.05) is 26.0 Å². The lowest BCUT2D eigenvalue weighted by molar-refractivity contribution is 0.284. The molecule has 9 heteroatoms. The Bertz CT molecular complexity index is 2040. The van der Waals surface area contributed by atoms with Crippen LogP contribution in [0.25, 0.3) is 11.8 Å². The second kappa shape index (κ2) is 11.2. The molecule has 0 saturated carbocycles. The third kappa shape index (κ3) is 4.90. The van der Waals surface area contributed by atoms with E-state index in [0.29, 0.717) is 30.9 Å². The molecule has 3 aromatic carbocycles. The Labute approximate surface area is 260 Å². The number of benzene rings is 3. The number of hydrogen-bond acceptors (Lipinski definition) is 6. The number of aromatic nitrogens is 1. The Morgan fingerprint density at radius 1 is 1.02 bits per heavy atom. The van der Waals surface area contributed by atoms with Crippen LogP contribution in [0.5, 0.6) is 11.5 Å². The molecule has 1 atom stereocenters. The van der Waals surface area contributed by atoms with Crippen LogP contribution in [0, 0.1) is 0 Å². The molecule has 2 aromatic heterocycles. The van der Waals surface area contributed by atoms with Gasteiger partial charge in [0.05, 0.1) is 23.4 Å². The van der Waals surface area contributed by atoms with Crippen molar-refractivity contribution in [1.29, 1.82) is 0 Å². The number of thiophene rings is 1. The zero-order valence-electron chi connectivity index (χ0n) is 22.5. The van der Waals surface area contributed by atoms with Crippen LogP contribution in [-0.2, 0) is 13.0 Å². The summed E-state index contributed by atoms with van der Waals surface area (Å²) in [6.07, 6.45) is 3.71. The fourth-order valence-corrected chi connectivity index (χ4v) is 7.87. The SMILES string of the molecule is COc1cc(/C=c2/sc3n(c2=O)[C@@H](c2cccs2)C2=C(N=3)c3ccccc3CC2)ccc1OCc1ccc(Cl)cc1Cl. The van der Waals surface area contributed by atoms with Gasteiger partial charge in [-0.25, -0.2) is 4.99 Å². The van der Waals surface area contributed by atoms with Crippen molar-refractivity contribution in [3.05, 3.63) is 141 Å². The third-order valence-corrected chi connectivity index (χ3v) is 10.1. The van der Waals surface area contributed by atoms with E-state index in [-0.39, 0.29) is 18.2 Å². The van der Waals surface area contributed by atoms with Crippen molar-refractivity contribution in [2.45, 2.75) is 25.5 Å². The van der Waals surface area contributed by atoms with Crippen LogP contribution in [0.4, 0.5) is 0 Å². The molecule has 42 heavy (non-hydrogen) atoms. The smallest absolute Gasteiger partial charge is 0.271 e. The first kappa shape index (κ1) is 27.2. The van der Waals surface area contributed by atoms with E-state index in [1.807, 2.05) is 41.0 Å². The van der Waals surface area contributed by atoms with Gasteiger partial charge in [0.15, 0.2) is 16.3 Å². The predicted molar refractivity (Wildman–Crippen MR) is 171 cm³/mol. The Balaban J connectivity index is 1.28. The third-order valence-electron chi connectivity index (χ3n) is 7.57. The topological polar surface area (TPSA) is 52.8 Å². The predicted octanol–water partition coefficient (Wildman–Crippen LogP) is 7.27. The first-order valence-electron chi connectivity index (χ1n) is 13.4. The van der Waals surface area contributed by atoms with E-state index in [1.165, 1.54) is 22.5 Å². The highest BCUT2D eigenvalue weighted by atomic mass is 35.5. The number of ether oxygens (including phenoxy) is 2. The summed E-state index contributed by atoms with van der Waals surface area (Å²) in [5.41, 5.74) is 6.29. The molecule has 0 fully saturated rings. The molecule has 1 aliphatic carbocycles. The normalized spacial score (nSPS) is 16.0. The van der Waals surface area contributed by atoms with Crippen molar-refractivity contribution in [1.82, 2.24) is 4.57 Å². The number of nitrogens with zero attached hydrogens (tertiary/aromatic N) is 2. The molecule has 0 spiro atoms. The molecule has 1 aliphatic heterocycles. The summed E-state index contributed by atoms with van der Waals surface area (Å²) in [4.78, 5) is 20.9. The van der Waals surface area contributed by atoms with Crippen LogP contribution in [0.2, 0.25) is 10.0 Å². The summed E-state index contributed by atoms with van der Waals surface area (Å²) in [6.45, 7) is 0.265. The van der Waals surface area contributed by atoms with Crippen LogP contribution in [0.15, 0.2) is 93.5 Å². The number of thiazole rings is 1. The van der Waals surface area contributed by atoms with Gasteiger partial charge < -0.3 is 9.47 Å². The fourth-order valence-electron chi connectivity index (χ4n) is 5.56. The molecule has 0 radical (unpaired) electrons. The summed E-state index contributed by atoms with van der Waals surface area (Å²) in [6, 6.07) is 23.4. The highest BCUT2D eigenvalue weighted by Gasteiger charge is 2.33. The first-order valence-corrected chi connectivity index (χ1v) is 15.9. The van der Waals surface area contributed by atoms with Crippen molar-refractivity contribution in [3.63, 3.8) is 0 Å². The molecule has 0 N–H and O–H groups in total. The second-order valence-corrected chi connectivity index (χ2v) is 12.9. The van der Waals surface area contributed by atoms with E-state index in [2.05, 4.69) is 35.7 Å². The van der Waals surface area contributed by atoms with Crippen LogP contribution >= 0.6 is 45.9 Å². The van der Waals surface area contributed by atoms with E-state index in [4.69, 9.17) is 37.7 Å². The van der Waals surface area contributed by atoms with Gasteiger partial charge in [0.2, 0.25) is 0 Å². The van der Waals surface area contributed by atoms with Crippen molar-refractivity contribution < 1.29 is 9.47 Å². The molecule has 5 nitrogen and oxygen atoms in total. The van der Waals surface area contributed by atoms with Crippen LogP contribution < -0.4 is 24.4 Å². The van der Waals surface area contributed by atoms with E-state index in [9.17, 15) is 4.79 Å². The summed E-state index contributed by atoms with van der Waals surface area (Å²) in [7, 11) is 1.60. The maximum absolute atomic E-state index is 14.0. The number of rotatable bonds is 6. The van der Waals surface area contributed by atoms with Crippen molar-refractivity contribution in [2.24, 2.45) is 4.99 Å². The minimum Gasteiger partial charge on any atom is -0.493 e. The van der Waals surface area contributed by atoms with Gasteiger partial charge in [-0.1, -0.05) is 77.0 Å². The Hall–Kier alpha value is -3.62. The number of halogens is 2. The van der Waals surface area contributed by atoms with Crippen molar-refractivity contribution in [3.8, 4) is 11.5 Å².